The molecule has 1 aliphatic carbocycles. The Bertz CT molecular complexity index is 139. The molecule has 2 unspecified atom stereocenters. The molecular formula is C14H29NS. The zero-order valence-electron chi connectivity index (χ0n) is 11.1. The van der Waals surface area contributed by atoms with Crippen LogP contribution in [0, 0.1) is 0 Å². The van der Waals surface area contributed by atoms with Gasteiger partial charge in [0.1, 0.15) is 0 Å². The molecule has 0 aromatic heterocycles. The van der Waals surface area contributed by atoms with Crippen LogP contribution in [-0.4, -0.2) is 23.6 Å². The molecule has 1 rings (SSSR count). The number of rotatable bonds is 6. The summed E-state index contributed by atoms with van der Waals surface area (Å²) in [5.74, 6) is 1.34. The van der Waals surface area contributed by atoms with Gasteiger partial charge in [0.2, 0.25) is 0 Å². The molecule has 0 aromatic rings. The maximum atomic E-state index is 3.78. The van der Waals surface area contributed by atoms with E-state index in [2.05, 4.69) is 30.9 Å². The van der Waals surface area contributed by atoms with Crippen molar-refractivity contribution in [3.05, 3.63) is 0 Å². The lowest BCUT2D eigenvalue weighted by molar-refractivity contribution is 0.400. The maximum absolute atomic E-state index is 3.78. The van der Waals surface area contributed by atoms with E-state index < -0.39 is 0 Å². The van der Waals surface area contributed by atoms with E-state index in [-0.39, 0.29) is 0 Å². The van der Waals surface area contributed by atoms with E-state index in [9.17, 15) is 0 Å². The van der Waals surface area contributed by atoms with Gasteiger partial charge < -0.3 is 5.32 Å². The Balaban J connectivity index is 2.39. The first kappa shape index (κ1) is 14.4. The molecule has 0 aliphatic heterocycles. The van der Waals surface area contributed by atoms with E-state index in [1.807, 2.05) is 0 Å². The molecule has 1 fully saturated rings. The monoisotopic (exact) mass is 243 g/mol. The third kappa shape index (κ3) is 5.58. The Morgan fingerprint density at radius 3 is 2.44 bits per heavy atom. The molecule has 0 aromatic carbocycles. The summed E-state index contributed by atoms with van der Waals surface area (Å²) >= 11 is 2.22. The Hall–Kier alpha value is 0.310. The topological polar surface area (TPSA) is 12.0 Å². The number of thioether (sulfide) groups is 1. The standard InChI is InChI=1S/C14H29NS/c1-3-11-15-13-9-7-5-6-8-10-14(13)16-12-4-2/h13-15H,3-12H2,1-2H3. The highest BCUT2D eigenvalue weighted by Gasteiger charge is 2.21. The highest BCUT2D eigenvalue weighted by Crippen LogP contribution is 2.27. The van der Waals surface area contributed by atoms with Gasteiger partial charge in [-0.2, -0.15) is 11.8 Å². The van der Waals surface area contributed by atoms with Gasteiger partial charge in [-0.25, -0.2) is 0 Å². The molecule has 1 N–H and O–H groups in total. The smallest absolute Gasteiger partial charge is 0.0201 e. The summed E-state index contributed by atoms with van der Waals surface area (Å²) in [6, 6.07) is 0.789. The molecule has 1 aliphatic rings. The average Bonchev–Trinajstić information content (AvgIpc) is 2.27. The third-order valence-corrected chi connectivity index (χ3v) is 5.03. The fraction of sp³-hybridized carbons (Fsp3) is 1.00. The van der Waals surface area contributed by atoms with Gasteiger partial charge in [0.25, 0.3) is 0 Å². The lowest BCUT2D eigenvalue weighted by Crippen LogP contribution is -2.39. The second-order valence-electron chi connectivity index (χ2n) is 4.96. The van der Waals surface area contributed by atoms with Gasteiger partial charge in [-0.1, -0.05) is 39.5 Å². The van der Waals surface area contributed by atoms with Crippen LogP contribution in [0.5, 0.6) is 0 Å². The van der Waals surface area contributed by atoms with E-state index in [1.165, 1.54) is 63.7 Å². The van der Waals surface area contributed by atoms with Crippen LogP contribution in [0.2, 0.25) is 0 Å². The first-order valence-corrected chi connectivity index (χ1v) is 8.28. The van der Waals surface area contributed by atoms with Gasteiger partial charge in [-0.05, 0) is 38.0 Å². The molecule has 0 bridgehead atoms. The van der Waals surface area contributed by atoms with Crippen molar-refractivity contribution < 1.29 is 0 Å². The molecular weight excluding hydrogens is 214 g/mol. The highest BCUT2D eigenvalue weighted by molar-refractivity contribution is 7.99. The molecule has 0 amide bonds. The van der Waals surface area contributed by atoms with Crippen LogP contribution in [0.3, 0.4) is 0 Å². The van der Waals surface area contributed by atoms with Crippen LogP contribution in [0.4, 0.5) is 0 Å². The third-order valence-electron chi connectivity index (χ3n) is 3.40. The molecule has 1 nitrogen and oxygen atoms in total. The molecule has 0 heterocycles. The van der Waals surface area contributed by atoms with Crippen molar-refractivity contribution in [1.82, 2.24) is 5.32 Å². The van der Waals surface area contributed by atoms with E-state index in [4.69, 9.17) is 0 Å². The van der Waals surface area contributed by atoms with Crippen LogP contribution in [-0.2, 0) is 0 Å². The van der Waals surface area contributed by atoms with Crippen molar-refractivity contribution in [1.29, 1.82) is 0 Å². The van der Waals surface area contributed by atoms with Crippen molar-refractivity contribution in [3.63, 3.8) is 0 Å². The predicted octanol–water partition coefficient (Wildman–Crippen LogP) is 4.22. The summed E-state index contributed by atoms with van der Waals surface area (Å²) in [6.45, 7) is 5.77. The second kappa shape index (κ2) is 9.35. The SMILES string of the molecule is CCCNC1CCCCCCC1SCCC. The Labute approximate surface area is 106 Å². The van der Waals surface area contributed by atoms with E-state index in [0.717, 1.165) is 11.3 Å². The van der Waals surface area contributed by atoms with Gasteiger partial charge in [0.05, 0.1) is 0 Å². The van der Waals surface area contributed by atoms with E-state index >= 15 is 0 Å². The fourth-order valence-corrected chi connectivity index (χ4v) is 3.82. The molecule has 96 valence electrons. The molecule has 0 radical (unpaired) electrons. The average molecular weight is 243 g/mol. The van der Waals surface area contributed by atoms with Gasteiger partial charge in [-0.15, -0.1) is 0 Å². The van der Waals surface area contributed by atoms with Crippen molar-refractivity contribution >= 4 is 11.8 Å². The Morgan fingerprint density at radius 2 is 1.75 bits per heavy atom. The summed E-state index contributed by atoms with van der Waals surface area (Å²) < 4.78 is 0. The minimum atomic E-state index is 0.789. The quantitative estimate of drug-likeness (QED) is 0.749. The van der Waals surface area contributed by atoms with Gasteiger partial charge >= 0.3 is 0 Å². The lowest BCUT2D eigenvalue weighted by Gasteiger charge is -2.29. The first-order chi connectivity index (χ1) is 7.88. The molecule has 0 spiro atoms. The predicted molar refractivity (Wildman–Crippen MR) is 76.3 cm³/mol. The van der Waals surface area contributed by atoms with Gasteiger partial charge in [0, 0.05) is 11.3 Å². The zero-order chi connectivity index (χ0) is 11.6. The van der Waals surface area contributed by atoms with Gasteiger partial charge in [-0.3, -0.25) is 0 Å². The minimum Gasteiger partial charge on any atom is -0.313 e. The summed E-state index contributed by atoms with van der Waals surface area (Å²) in [7, 11) is 0. The summed E-state index contributed by atoms with van der Waals surface area (Å²) in [5.41, 5.74) is 0. The Kier molecular flexibility index (Phi) is 8.40. The van der Waals surface area contributed by atoms with Crippen LogP contribution in [0.25, 0.3) is 0 Å². The van der Waals surface area contributed by atoms with E-state index in [0.29, 0.717) is 0 Å². The summed E-state index contributed by atoms with van der Waals surface area (Å²) in [4.78, 5) is 0. The lowest BCUT2D eigenvalue weighted by atomic mass is 9.96. The van der Waals surface area contributed by atoms with Crippen LogP contribution in [0.1, 0.15) is 65.2 Å². The zero-order valence-corrected chi connectivity index (χ0v) is 12.0. The number of nitrogens with one attached hydrogen (secondary N) is 1. The largest absolute Gasteiger partial charge is 0.313 e. The first-order valence-electron chi connectivity index (χ1n) is 7.23. The normalized spacial score (nSPS) is 27.4. The maximum Gasteiger partial charge on any atom is 0.0201 e. The Morgan fingerprint density at radius 1 is 1.00 bits per heavy atom. The summed E-state index contributed by atoms with van der Waals surface area (Å²) in [6.07, 6.45) is 11.2. The van der Waals surface area contributed by atoms with Crippen molar-refractivity contribution in [2.24, 2.45) is 0 Å². The molecule has 1 saturated carbocycles. The van der Waals surface area contributed by atoms with Crippen LogP contribution < -0.4 is 5.32 Å². The second-order valence-corrected chi connectivity index (χ2v) is 6.31. The minimum absolute atomic E-state index is 0.789. The fourth-order valence-electron chi connectivity index (χ4n) is 2.48. The van der Waals surface area contributed by atoms with Crippen molar-refractivity contribution in [2.45, 2.75) is 76.5 Å². The molecule has 2 atom stereocenters. The van der Waals surface area contributed by atoms with E-state index in [1.54, 1.807) is 0 Å². The molecule has 0 saturated heterocycles. The highest BCUT2D eigenvalue weighted by atomic mass is 32.2. The van der Waals surface area contributed by atoms with Crippen molar-refractivity contribution in [2.75, 3.05) is 12.3 Å². The number of hydrogen-bond donors (Lipinski definition) is 1. The van der Waals surface area contributed by atoms with Crippen LogP contribution >= 0.6 is 11.8 Å². The summed E-state index contributed by atoms with van der Waals surface area (Å²) in [5, 5.41) is 4.66. The van der Waals surface area contributed by atoms with Gasteiger partial charge in [0.15, 0.2) is 0 Å². The molecule has 16 heavy (non-hydrogen) atoms. The van der Waals surface area contributed by atoms with Crippen LogP contribution in [0.15, 0.2) is 0 Å². The molecule has 2 heteroatoms. The van der Waals surface area contributed by atoms with Crippen molar-refractivity contribution in [3.8, 4) is 0 Å². The number of hydrogen-bond acceptors (Lipinski definition) is 2.